The van der Waals surface area contributed by atoms with Crippen molar-refractivity contribution in [1.82, 2.24) is 5.32 Å². The van der Waals surface area contributed by atoms with E-state index in [9.17, 15) is 40.2 Å². The van der Waals surface area contributed by atoms with Gasteiger partial charge in [-0.1, -0.05) is 0 Å². The molecular formula is C14H25NO11. The van der Waals surface area contributed by atoms with Gasteiger partial charge in [0.05, 0.1) is 13.2 Å². The summed E-state index contributed by atoms with van der Waals surface area (Å²) in [5, 5.41) is 69.7. The van der Waals surface area contributed by atoms with Crippen LogP contribution in [0, 0.1) is 0 Å². The lowest BCUT2D eigenvalue weighted by atomic mass is 9.99. The van der Waals surface area contributed by atoms with Gasteiger partial charge < -0.3 is 55.3 Å². The first-order chi connectivity index (χ1) is 12.1. The first-order valence-electron chi connectivity index (χ1n) is 7.82. The van der Waals surface area contributed by atoms with Crippen molar-refractivity contribution in [2.24, 2.45) is 0 Å². The van der Waals surface area contributed by atoms with Gasteiger partial charge in [0.25, 0.3) is 0 Å². The van der Waals surface area contributed by atoms with Gasteiger partial charge in [0.15, 0.2) is 6.29 Å². The molecule has 0 saturated carbocycles. The largest absolute Gasteiger partial charge is 0.394 e. The average Bonchev–Trinajstić information content (AvgIpc) is 2.61. The van der Waals surface area contributed by atoms with Gasteiger partial charge in [-0.05, 0) is 0 Å². The summed E-state index contributed by atoms with van der Waals surface area (Å²) in [7, 11) is 0. The Morgan fingerprint density at radius 3 is 2.27 bits per heavy atom. The normalized spacial score (nSPS) is 33.8. The van der Waals surface area contributed by atoms with E-state index >= 15 is 0 Å². The molecule has 12 heteroatoms. The van der Waals surface area contributed by atoms with Crippen LogP contribution < -0.4 is 5.32 Å². The summed E-state index contributed by atoms with van der Waals surface area (Å²) in [4.78, 5) is 21.8. The van der Waals surface area contributed by atoms with Crippen molar-refractivity contribution < 1.29 is 54.8 Å². The summed E-state index contributed by atoms with van der Waals surface area (Å²) in [6.07, 6.45) is -13.0. The van der Waals surface area contributed by atoms with Crippen LogP contribution in [0.15, 0.2) is 0 Å². The highest BCUT2D eigenvalue weighted by Gasteiger charge is 2.44. The topological polar surface area (TPSA) is 206 Å². The Hall–Kier alpha value is -1.22. The molecule has 1 fully saturated rings. The molecule has 0 spiro atoms. The lowest BCUT2D eigenvalue weighted by Crippen LogP contribution is -2.59. The lowest BCUT2D eigenvalue weighted by molar-refractivity contribution is -0.306. The van der Waals surface area contributed by atoms with Crippen LogP contribution in [0.5, 0.6) is 0 Å². The van der Waals surface area contributed by atoms with Crippen LogP contribution >= 0.6 is 0 Å². The number of aliphatic hydroxyl groups is 7. The quantitative estimate of drug-likeness (QED) is 0.176. The number of aliphatic hydroxyl groups excluding tert-OH is 7. The fourth-order valence-electron chi connectivity index (χ4n) is 2.37. The summed E-state index contributed by atoms with van der Waals surface area (Å²) in [5.74, 6) is -0.639. The van der Waals surface area contributed by atoms with Gasteiger partial charge >= 0.3 is 0 Å². The molecule has 0 radical (unpaired) electrons. The van der Waals surface area contributed by atoms with Gasteiger partial charge in [0, 0.05) is 6.92 Å². The molecule has 12 nitrogen and oxygen atoms in total. The number of rotatable bonds is 9. The van der Waals surface area contributed by atoms with Crippen molar-refractivity contribution in [3.8, 4) is 0 Å². The van der Waals surface area contributed by atoms with Crippen molar-refractivity contribution in [1.29, 1.82) is 0 Å². The summed E-state index contributed by atoms with van der Waals surface area (Å²) >= 11 is 0. The van der Waals surface area contributed by atoms with E-state index in [1.165, 1.54) is 0 Å². The number of aldehydes is 1. The summed E-state index contributed by atoms with van der Waals surface area (Å²) in [5.41, 5.74) is 0. The molecule has 152 valence electrons. The Morgan fingerprint density at radius 1 is 1.15 bits per heavy atom. The Morgan fingerprint density at radius 2 is 1.77 bits per heavy atom. The highest BCUT2D eigenvalue weighted by Crippen LogP contribution is 2.22. The zero-order valence-corrected chi connectivity index (χ0v) is 14.0. The van der Waals surface area contributed by atoms with E-state index < -0.39 is 74.2 Å². The first-order valence-corrected chi connectivity index (χ1v) is 7.82. The highest BCUT2D eigenvalue weighted by atomic mass is 16.7. The number of ether oxygens (including phenoxy) is 2. The van der Waals surface area contributed by atoms with E-state index in [0.717, 1.165) is 6.92 Å². The maximum Gasteiger partial charge on any atom is 0.217 e. The molecule has 0 aromatic rings. The number of hydrogen-bond acceptors (Lipinski definition) is 11. The van der Waals surface area contributed by atoms with Gasteiger partial charge in [-0.15, -0.1) is 0 Å². The SMILES string of the molecule is CC(=O)N[C@@H](C=O)[C@@H](O)[C@@H](O)[C@H](O)CO[C@@H]1O[C@H](CO)[C@H](O)[C@H](O)[C@H]1O. The smallest absolute Gasteiger partial charge is 0.217 e. The maximum atomic E-state index is 10.9. The number of hydrogen-bond donors (Lipinski definition) is 8. The van der Waals surface area contributed by atoms with Crippen molar-refractivity contribution in [3.63, 3.8) is 0 Å². The highest BCUT2D eigenvalue weighted by molar-refractivity contribution is 5.77. The first kappa shape index (κ1) is 22.8. The molecule has 1 aliphatic heterocycles. The van der Waals surface area contributed by atoms with Crippen LogP contribution in [0.2, 0.25) is 0 Å². The number of nitrogens with one attached hydrogen (secondary N) is 1. The zero-order valence-electron chi connectivity index (χ0n) is 14.0. The van der Waals surface area contributed by atoms with E-state index in [2.05, 4.69) is 5.32 Å². The molecule has 1 heterocycles. The standard InChI is InChI=1S/C14H25NO11/c1-5(18)15-6(2-16)9(20)10(21)7(19)4-25-14-13(24)12(23)11(22)8(3-17)26-14/h2,6-14,17,19-24H,3-4H2,1H3,(H,15,18)/t6-,7+,8+,9+,10-,11-,12-,13+,14+/m0/s1. The van der Waals surface area contributed by atoms with Crippen LogP contribution in [0.1, 0.15) is 6.92 Å². The molecule has 1 aliphatic rings. The van der Waals surface area contributed by atoms with Crippen LogP contribution in [0.3, 0.4) is 0 Å². The second kappa shape index (κ2) is 10.2. The predicted octanol–water partition coefficient (Wildman–Crippen LogP) is -5.41. The number of carbonyl (C=O) groups is 2. The third kappa shape index (κ3) is 5.64. The van der Waals surface area contributed by atoms with E-state index in [1.807, 2.05) is 0 Å². The Kier molecular flexibility index (Phi) is 8.95. The molecule has 0 aromatic heterocycles. The molecule has 0 aliphatic carbocycles. The van der Waals surface area contributed by atoms with Crippen molar-refractivity contribution in [2.45, 2.75) is 62.0 Å². The Labute approximate surface area is 148 Å². The Balaban J connectivity index is 2.62. The van der Waals surface area contributed by atoms with E-state index in [0.29, 0.717) is 0 Å². The number of carbonyl (C=O) groups excluding carboxylic acids is 2. The van der Waals surface area contributed by atoms with Gasteiger partial charge in [0.2, 0.25) is 5.91 Å². The molecular weight excluding hydrogens is 358 g/mol. The molecule has 9 atom stereocenters. The predicted molar refractivity (Wildman–Crippen MR) is 81.4 cm³/mol. The summed E-state index contributed by atoms with van der Waals surface area (Å²) < 4.78 is 10.1. The number of amides is 1. The van der Waals surface area contributed by atoms with Crippen LogP contribution in [0.25, 0.3) is 0 Å². The zero-order chi connectivity index (χ0) is 20.0. The monoisotopic (exact) mass is 383 g/mol. The fraction of sp³-hybridized carbons (Fsp3) is 0.857. The van der Waals surface area contributed by atoms with Gasteiger partial charge in [-0.2, -0.15) is 0 Å². The summed E-state index contributed by atoms with van der Waals surface area (Å²) in [6, 6.07) is -1.47. The molecule has 1 saturated heterocycles. The van der Waals surface area contributed by atoms with Gasteiger partial charge in [0.1, 0.15) is 55.1 Å². The molecule has 26 heavy (non-hydrogen) atoms. The second-order valence-electron chi connectivity index (χ2n) is 5.94. The maximum absolute atomic E-state index is 10.9. The van der Waals surface area contributed by atoms with Crippen molar-refractivity contribution in [2.75, 3.05) is 13.2 Å². The molecule has 0 aromatic carbocycles. The minimum atomic E-state index is -1.90. The van der Waals surface area contributed by atoms with Crippen LogP contribution in [0.4, 0.5) is 0 Å². The molecule has 8 N–H and O–H groups in total. The van der Waals surface area contributed by atoms with E-state index in [-0.39, 0.29) is 6.29 Å². The van der Waals surface area contributed by atoms with E-state index in [4.69, 9.17) is 14.6 Å². The van der Waals surface area contributed by atoms with Gasteiger partial charge in [-0.3, -0.25) is 4.79 Å². The fourth-order valence-corrected chi connectivity index (χ4v) is 2.37. The Bertz CT molecular complexity index is 462. The molecule has 0 unspecified atom stereocenters. The minimum absolute atomic E-state index is 0.181. The van der Waals surface area contributed by atoms with Crippen LogP contribution in [-0.2, 0) is 19.1 Å². The third-order valence-electron chi connectivity index (χ3n) is 3.91. The average molecular weight is 383 g/mol. The molecule has 0 bridgehead atoms. The molecule has 1 amide bonds. The lowest BCUT2D eigenvalue weighted by Gasteiger charge is -2.40. The molecule has 1 rings (SSSR count). The van der Waals surface area contributed by atoms with Crippen molar-refractivity contribution in [3.05, 3.63) is 0 Å². The van der Waals surface area contributed by atoms with Crippen molar-refractivity contribution >= 4 is 12.2 Å². The van der Waals surface area contributed by atoms with Gasteiger partial charge in [-0.25, -0.2) is 0 Å². The summed E-state index contributed by atoms with van der Waals surface area (Å²) in [6.45, 7) is -0.284. The van der Waals surface area contributed by atoms with Crippen LogP contribution in [-0.4, -0.2) is 116 Å². The van der Waals surface area contributed by atoms with E-state index in [1.54, 1.807) is 0 Å². The second-order valence-corrected chi connectivity index (χ2v) is 5.94. The third-order valence-corrected chi connectivity index (χ3v) is 3.91. The minimum Gasteiger partial charge on any atom is -0.394 e.